The summed E-state index contributed by atoms with van der Waals surface area (Å²) in [5.74, 6) is 0.938. The second-order valence-electron chi connectivity index (χ2n) is 5.56. The molecule has 0 aromatic rings. The van der Waals surface area contributed by atoms with Gasteiger partial charge in [0.05, 0.1) is 0 Å². The Bertz CT molecular complexity index is 254. The Balaban J connectivity index is 1.80. The van der Waals surface area contributed by atoms with Crippen molar-refractivity contribution in [2.75, 3.05) is 19.7 Å². The van der Waals surface area contributed by atoms with Crippen molar-refractivity contribution in [2.45, 2.75) is 44.6 Å². The number of nitrogens with two attached hydrogens (primary N) is 1. The highest BCUT2D eigenvalue weighted by Crippen LogP contribution is 2.27. The lowest BCUT2D eigenvalue weighted by Crippen LogP contribution is -2.44. The predicted molar refractivity (Wildman–Crippen MR) is 66.3 cm³/mol. The number of aliphatic hydroxyl groups is 1. The van der Waals surface area contributed by atoms with Gasteiger partial charge in [0.1, 0.15) is 0 Å². The van der Waals surface area contributed by atoms with Crippen LogP contribution in [0, 0.1) is 11.8 Å². The number of carbonyl (C=O) groups is 1. The average Bonchev–Trinajstić information content (AvgIpc) is 2.39. The molecule has 4 nitrogen and oxygen atoms in total. The predicted octanol–water partition coefficient (Wildman–Crippen LogP) is 0.735. The zero-order chi connectivity index (χ0) is 12.3. The van der Waals surface area contributed by atoms with Crippen LogP contribution in [-0.4, -0.2) is 41.7 Å². The summed E-state index contributed by atoms with van der Waals surface area (Å²) in [5, 5.41) is 9.08. The molecule has 3 N–H and O–H groups in total. The van der Waals surface area contributed by atoms with Crippen molar-refractivity contribution >= 4 is 5.91 Å². The van der Waals surface area contributed by atoms with Crippen LogP contribution in [0.25, 0.3) is 0 Å². The Morgan fingerprint density at radius 3 is 2.24 bits per heavy atom. The molecular weight excluding hydrogens is 216 g/mol. The SMILES string of the molecule is NC1CCC(C(=O)N2CCC(CO)CC2)CC1. The lowest BCUT2D eigenvalue weighted by Gasteiger charge is -2.35. The maximum atomic E-state index is 12.3. The van der Waals surface area contributed by atoms with E-state index in [0.29, 0.717) is 17.9 Å². The van der Waals surface area contributed by atoms with E-state index in [1.54, 1.807) is 0 Å². The first kappa shape index (κ1) is 12.8. The van der Waals surface area contributed by atoms with Crippen LogP contribution in [0.3, 0.4) is 0 Å². The van der Waals surface area contributed by atoms with Gasteiger partial charge in [0.2, 0.25) is 5.91 Å². The summed E-state index contributed by atoms with van der Waals surface area (Å²) < 4.78 is 0. The van der Waals surface area contributed by atoms with Crippen LogP contribution in [0.4, 0.5) is 0 Å². The number of nitrogens with zero attached hydrogens (tertiary/aromatic N) is 1. The molecule has 1 aliphatic carbocycles. The van der Waals surface area contributed by atoms with Gasteiger partial charge in [0.25, 0.3) is 0 Å². The summed E-state index contributed by atoms with van der Waals surface area (Å²) >= 11 is 0. The van der Waals surface area contributed by atoms with Gasteiger partial charge in [-0.15, -0.1) is 0 Å². The molecule has 98 valence electrons. The maximum Gasteiger partial charge on any atom is 0.225 e. The van der Waals surface area contributed by atoms with E-state index in [-0.39, 0.29) is 12.5 Å². The zero-order valence-electron chi connectivity index (χ0n) is 10.5. The van der Waals surface area contributed by atoms with Gasteiger partial charge in [-0.1, -0.05) is 0 Å². The van der Waals surface area contributed by atoms with E-state index in [1.807, 2.05) is 4.90 Å². The van der Waals surface area contributed by atoms with Gasteiger partial charge < -0.3 is 15.7 Å². The molecule has 1 amide bonds. The second-order valence-corrected chi connectivity index (χ2v) is 5.56. The smallest absolute Gasteiger partial charge is 0.225 e. The number of aliphatic hydroxyl groups excluding tert-OH is 1. The van der Waals surface area contributed by atoms with Crippen molar-refractivity contribution in [1.29, 1.82) is 0 Å². The number of amides is 1. The van der Waals surface area contributed by atoms with Crippen molar-refractivity contribution in [1.82, 2.24) is 4.90 Å². The third-order valence-corrected chi connectivity index (χ3v) is 4.31. The highest BCUT2D eigenvalue weighted by Gasteiger charge is 2.30. The third kappa shape index (κ3) is 3.19. The number of hydrogen-bond acceptors (Lipinski definition) is 3. The lowest BCUT2D eigenvalue weighted by molar-refractivity contribution is -0.138. The molecule has 0 aromatic carbocycles. The Kier molecular flexibility index (Phi) is 4.40. The summed E-state index contributed by atoms with van der Waals surface area (Å²) in [6, 6.07) is 0.305. The van der Waals surface area contributed by atoms with Crippen molar-refractivity contribution in [3.63, 3.8) is 0 Å². The van der Waals surface area contributed by atoms with E-state index in [0.717, 1.165) is 51.6 Å². The summed E-state index contributed by atoms with van der Waals surface area (Å²) in [5.41, 5.74) is 5.86. The minimum atomic E-state index is 0.209. The summed E-state index contributed by atoms with van der Waals surface area (Å²) in [7, 11) is 0. The third-order valence-electron chi connectivity index (χ3n) is 4.31. The standard InChI is InChI=1S/C13H24N2O2/c14-12-3-1-11(2-4-12)13(17)15-7-5-10(9-16)6-8-15/h10-12,16H,1-9,14H2. The molecule has 0 radical (unpaired) electrons. The molecule has 0 spiro atoms. The minimum absolute atomic E-state index is 0.209. The van der Waals surface area contributed by atoms with Gasteiger partial charge in [-0.25, -0.2) is 0 Å². The largest absolute Gasteiger partial charge is 0.396 e. The number of carbonyl (C=O) groups excluding carboxylic acids is 1. The van der Waals surface area contributed by atoms with Gasteiger partial charge in [-0.2, -0.15) is 0 Å². The number of hydrogen-bond donors (Lipinski definition) is 2. The molecule has 17 heavy (non-hydrogen) atoms. The molecule has 4 heteroatoms. The first-order valence-corrected chi connectivity index (χ1v) is 6.86. The molecule has 2 aliphatic rings. The normalized spacial score (nSPS) is 31.5. The Morgan fingerprint density at radius 1 is 1.12 bits per heavy atom. The average molecular weight is 240 g/mol. The molecule has 1 saturated carbocycles. The summed E-state index contributed by atoms with van der Waals surface area (Å²) in [4.78, 5) is 14.3. The van der Waals surface area contributed by atoms with E-state index in [1.165, 1.54) is 0 Å². The van der Waals surface area contributed by atoms with Gasteiger partial charge in [0, 0.05) is 31.7 Å². The second kappa shape index (κ2) is 5.83. The lowest BCUT2D eigenvalue weighted by atomic mass is 9.85. The topological polar surface area (TPSA) is 66.6 Å². The fraction of sp³-hybridized carbons (Fsp3) is 0.923. The van der Waals surface area contributed by atoms with Gasteiger partial charge in [-0.3, -0.25) is 4.79 Å². The molecule has 2 fully saturated rings. The van der Waals surface area contributed by atoms with E-state index in [9.17, 15) is 4.79 Å². The van der Waals surface area contributed by atoms with Crippen LogP contribution in [0.15, 0.2) is 0 Å². The Morgan fingerprint density at radius 2 is 1.71 bits per heavy atom. The van der Waals surface area contributed by atoms with Crippen LogP contribution in [0.1, 0.15) is 38.5 Å². The van der Waals surface area contributed by atoms with Crippen LogP contribution >= 0.6 is 0 Å². The molecule has 2 rings (SSSR count). The van der Waals surface area contributed by atoms with Gasteiger partial charge >= 0.3 is 0 Å². The molecule has 0 unspecified atom stereocenters. The quantitative estimate of drug-likeness (QED) is 0.748. The van der Waals surface area contributed by atoms with Crippen molar-refractivity contribution in [3.8, 4) is 0 Å². The molecule has 0 atom stereocenters. The van der Waals surface area contributed by atoms with Crippen LogP contribution in [0.5, 0.6) is 0 Å². The van der Waals surface area contributed by atoms with E-state index < -0.39 is 0 Å². The molecule has 0 bridgehead atoms. The molecule has 1 saturated heterocycles. The molecular formula is C13H24N2O2. The summed E-state index contributed by atoms with van der Waals surface area (Å²) in [6.07, 6.45) is 5.80. The number of likely N-dealkylation sites (tertiary alicyclic amines) is 1. The zero-order valence-corrected chi connectivity index (χ0v) is 10.5. The Hall–Kier alpha value is -0.610. The van der Waals surface area contributed by atoms with E-state index in [4.69, 9.17) is 10.8 Å². The van der Waals surface area contributed by atoms with Gasteiger partial charge in [-0.05, 0) is 44.4 Å². The molecule has 0 aromatic heterocycles. The summed E-state index contributed by atoms with van der Waals surface area (Å²) in [6.45, 7) is 1.92. The fourth-order valence-corrected chi connectivity index (χ4v) is 2.96. The van der Waals surface area contributed by atoms with Crippen molar-refractivity contribution < 1.29 is 9.90 Å². The van der Waals surface area contributed by atoms with Crippen molar-refractivity contribution in [2.24, 2.45) is 17.6 Å². The maximum absolute atomic E-state index is 12.3. The Labute approximate surface area is 103 Å². The van der Waals surface area contributed by atoms with Gasteiger partial charge in [0.15, 0.2) is 0 Å². The van der Waals surface area contributed by atoms with Crippen LogP contribution < -0.4 is 5.73 Å². The molecule has 1 aliphatic heterocycles. The van der Waals surface area contributed by atoms with Crippen LogP contribution in [0.2, 0.25) is 0 Å². The first-order chi connectivity index (χ1) is 8.20. The first-order valence-electron chi connectivity index (χ1n) is 6.86. The molecule has 1 heterocycles. The monoisotopic (exact) mass is 240 g/mol. The fourth-order valence-electron chi connectivity index (χ4n) is 2.96. The minimum Gasteiger partial charge on any atom is -0.396 e. The highest BCUT2D eigenvalue weighted by molar-refractivity contribution is 5.79. The van der Waals surface area contributed by atoms with E-state index >= 15 is 0 Å². The number of piperidine rings is 1. The number of rotatable bonds is 2. The van der Waals surface area contributed by atoms with E-state index in [2.05, 4.69) is 0 Å². The highest BCUT2D eigenvalue weighted by atomic mass is 16.3. The van der Waals surface area contributed by atoms with Crippen LogP contribution in [-0.2, 0) is 4.79 Å². The van der Waals surface area contributed by atoms with Crippen molar-refractivity contribution in [3.05, 3.63) is 0 Å².